The van der Waals surface area contributed by atoms with Crippen LogP contribution in [0.1, 0.15) is 78.1 Å². The van der Waals surface area contributed by atoms with Gasteiger partial charge in [-0.05, 0) is 192 Å². The summed E-state index contributed by atoms with van der Waals surface area (Å²) < 4.78 is 5.72. The number of rotatable bonds is 12. The molecule has 0 saturated carbocycles. The number of hydrogen-bond donors (Lipinski definition) is 0. The molecule has 16 rings (SSSR count). The Morgan fingerprint density at radius 3 is 0.982 bits per heavy atom. The zero-order valence-electron chi connectivity index (χ0n) is 63.3. The predicted octanol–water partition coefficient (Wildman–Crippen LogP) is 23.4. The van der Waals surface area contributed by atoms with Gasteiger partial charge in [-0.3, -0.25) is 14.0 Å². The topological polar surface area (TPSA) is 97.1 Å². The van der Waals surface area contributed by atoms with Crippen molar-refractivity contribution < 1.29 is 77.9 Å². The van der Waals surface area contributed by atoms with Gasteiger partial charge in [-0.2, -0.15) is 94.6 Å². The number of para-hydroxylation sites is 4. The Hall–Kier alpha value is -10.7. The Bertz CT molecular complexity index is 5270. The average Bonchev–Trinajstić information content (AvgIpc) is 1.59. The molecule has 0 spiro atoms. The Morgan fingerprint density at radius 1 is 0.264 bits per heavy atom. The molecule has 10 nitrogen and oxygen atoms in total. The molecule has 560 valence electrons. The van der Waals surface area contributed by atoms with Crippen LogP contribution in [0.15, 0.2) is 292 Å². The van der Waals surface area contributed by atoms with E-state index in [4.69, 9.17) is 10.2 Å². The van der Waals surface area contributed by atoms with Gasteiger partial charge in [-0.1, -0.05) is 224 Å². The van der Waals surface area contributed by atoms with Crippen molar-refractivity contribution in [2.75, 3.05) is 0 Å². The van der Waals surface area contributed by atoms with E-state index in [0.717, 1.165) is 84.5 Å². The monoisotopic (exact) mass is 1790 g/mol. The zero-order valence-corrected chi connectivity index (χ0v) is 69.9. The number of hydrogen-bond acceptors (Lipinski definition) is 6. The van der Waals surface area contributed by atoms with Crippen molar-refractivity contribution in [3.8, 4) is 112 Å². The van der Waals surface area contributed by atoms with Gasteiger partial charge in [0.15, 0.2) is 0 Å². The van der Waals surface area contributed by atoms with Crippen molar-refractivity contribution in [2.45, 2.75) is 69.2 Å². The smallest absolute Gasteiger partial charge is 0.112 e. The molecule has 0 aliphatic rings. The second kappa shape index (κ2) is 37.6. The van der Waals surface area contributed by atoms with Crippen LogP contribution >= 0.6 is 0 Å². The first-order valence-electron chi connectivity index (χ1n) is 35.7. The molecule has 16 aromatic rings. The van der Waals surface area contributed by atoms with Gasteiger partial charge in [0.05, 0.1) is 18.1 Å². The largest absolute Gasteiger partial charge is 0.293 e. The molecular formula is C96H86N10Rh4-4. The number of aryl methyl sites for hydroxylation is 9. The molecule has 14 heteroatoms. The zero-order chi connectivity index (χ0) is 74.1. The predicted molar refractivity (Wildman–Crippen MR) is 439 cm³/mol. The van der Waals surface area contributed by atoms with Gasteiger partial charge < -0.3 is 0 Å². The van der Waals surface area contributed by atoms with E-state index in [1.807, 2.05) is 137 Å². The Kier molecular flexibility index (Phi) is 28.5. The molecule has 4 aromatic heterocycles. The molecule has 4 heterocycles. The van der Waals surface area contributed by atoms with Gasteiger partial charge in [0.1, 0.15) is 11.4 Å². The van der Waals surface area contributed by atoms with Gasteiger partial charge in [-0.15, -0.1) is 29.4 Å². The Balaban J connectivity index is 0.000000167. The van der Waals surface area contributed by atoms with Crippen LogP contribution in [0.25, 0.3) is 112 Å². The fourth-order valence-corrected chi connectivity index (χ4v) is 14.4. The third-order valence-corrected chi connectivity index (χ3v) is 19.4. The third-order valence-electron chi connectivity index (χ3n) is 19.4. The Labute approximate surface area is 700 Å². The second-order valence-corrected chi connectivity index (χ2v) is 27.1. The summed E-state index contributed by atoms with van der Waals surface area (Å²) in [5.41, 5.74) is 38.5. The van der Waals surface area contributed by atoms with Crippen LogP contribution in [-0.4, -0.2) is 49.5 Å². The molecule has 0 aliphatic heterocycles. The summed E-state index contributed by atoms with van der Waals surface area (Å²) in [5, 5.41) is 27.3. The van der Waals surface area contributed by atoms with Crippen LogP contribution in [0.5, 0.6) is 0 Å². The fourth-order valence-electron chi connectivity index (χ4n) is 14.4. The third kappa shape index (κ3) is 18.6. The summed E-state index contributed by atoms with van der Waals surface area (Å²) in [7, 11) is 0. The molecule has 0 atom stereocenters. The molecule has 4 radical (unpaired) electrons. The van der Waals surface area contributed by atoms with Crippen molar-refractivity contribution >= 4 is 0 Å². The molecule has 0 N–H and O–H groups in total. The number of nitrogens with zero attached hydrogens (tertiary/aromatic N) is 10. The minimum absolute atomic E-state index is 0. The molecule has 0 aliphatic carbocycles. The molecule has 0 amide bonds. The number of benzene rings is 12. The van der Waals surface area contributed by atoms with Gasteiger partial charge in [0.2, 0.25) is 0 Å². The SMILES string of the molecule is [CH2-]c1ccccc1-n1cc(-c2c(C)cc(-c3ccccc3)cc2C)cn1.[CH2-]c1ccccc1-n1cc(-c2c(C)cc(-c3ccccc3)cc2C)nn1.[CH2-]c1ccccc1-n1nc(C)c(-c2c(C)cc(-c3ccccc3)cc2C)c1C.[CH2-]c1ccccc1-n1ncc(-c2c(C)cc(-c3ccccc3)cc2C)n1.[Rh].[Rh].[Rh].[Rh]. The summed E-state index contributed by atoms with van der Waals surface area (Å²) >= 11 is 0. The van der Waals surface area contributed by atoms with Crippen LogP contribution < -0.4 is 0 Å². The summed E-state index contributed by atoms with van der Waals surface area (Å²) in [4.78, 5) is 1.65. The van der Waals surface area contributed by atoms with Crippen LogP contribution in [0.3, 0.4) is 0 Å². The van der Waals surface area contributed by atoms with E-state index in [-0.39, 0.29) is 77.9 Å². The Morgan fingerprint density at radius 2 is 0.591 bits per heavy atom. The summed E-state index contributed by atoms with van der Waals surface area (Å²) in [6.07, 6.45) is 7.82. The molecule has 0 bridgehead atoms. The first kappa shape index (κ1) is 83.4. The summed E-state index contributed by atoms with van der Waals surface area (Å²) in [6, 6.07) is 91.8. The van der Waals surface area contributed by atoms with Crippen molar-refractivity contribution in [1.82, 2.24) is 49.5 Å². The maximum atomic E-state index is 4.86. The van der Waals surface area contributed by atoms with E-state index in [1.165, 1.54) is 106 Å². The molecular weight excluding hydrogens is 1700 g/mol. The quantitative estimate of drug-likeness (QED) is 0.0893. The standard InChI is InChI=1S/C26H25N2.C24H21N2.2C23H20N3.4Rh/c1-17-11-9-10-14-24(17)28-21(5)26(20(4)27-28)25-18(2)15-23(16-19(25)3)22-12-7-6-8-13-22;1-17-9-7-8-12-23(17)26-16-22(15-25-26)24-18(2)13-21(14-19(24)3)20-10-5-4-6-11-20;1-16-9-7-8-12-22(16)26-15-21(24-25-26)23-17(2)13-20(14-18(23)3)19-10-5-4-6-11-19;1-16-9-7-8-12-22(16)26-24-15-21(25-26)23-17(2)13-20(14-18(23)3)19-10-5-4-6-11-19;;;;/h6-16H,1H2,2-5H3;4-16H,1H2,2-3H3;2*4-15H,1H2,2-3H3;;;;/q4*-1;;;;. The van der Waals surface area contributed by atoms with Crippen molar-refractivity contribution in [3.63, 3.8) is 0 Å². The van der Waals surface area contributed by atoms with E-state index in [2.05, 4.69) is 281 Å². The van der Waals surface area contributed by atoms with Gasteiger partial charge in [0, 0.05) is 118 Å². The van der Waals surface area contributed by atoms with Gasteiger partial charge >= 0.3 is 0 Å². The molecule has 12 aromatic carbocycles. The number of aromatic nitrogens is 10. The van der Waals surface area contributed by atoms with E-state index in [1.54, 1.807) is 9.48 Å². The minimum atomic E-state index is 0. The van der Waals surface area contributed by atoms with Gasteiger partial charge in [0.25, 0.3) is 0 Å². The van der Waals surface area contributed by atoms with E-state index < -0.39 is 0 Å². The van der Waals surface area contributed by atoms with Crippen LogP contribution in [-0.2, 0) is 77.9 Å². The van der Waals surface area contributed by atoms with Crippen LogP contribution in [0.4, 0.5) is 0 Å². The van der Waals surface area contributed by atoms with E-state index >= 15 is 0 Å². The van der Waals surface area contributed by atoms with Crippen LogP contribution in [0, 0.1) is 96.9 Å². The molecule has 0 fully saturated rings. The first-order valence-corrected chi connectivity index (χ1v) is 35.7. The summed E-state index contributed by atoms with van der Waals surface area (Å²) in [5.74, 6) is 0. The molecule has 0 unspecified atom stereocenters. The van der Waals surface area contributed by atoms with Crippen molar-refractivity contribution in [3.05, 3.63) is 398 Å². The van der Waals surface area contributed by atoms with Crippen molar-refractivity contribution in [1.29, 1.82) is 0 Å². The molecule has 110 heavy (non-hydrogen) atoms. The molecule has 0 saturated heterocycles. The summed E-state index contributed by atoms with van der Waals surface area (Å²) in [6.45, 7) is 37.9. The average molecular weight is 1790 g/mol. The maximum Gasteiger partial charge on any atom is 0.112 e. The first-order chi connectivity index (χ1) is 51.4. The maximum absolute atomic E-state index is 4.86. The van der Waals surface area contributed by atoms with E-state index in [0.29, 0.717) is 0 Å². The van der Waals surface area contributed by atoms with Crippen molar-refractivity contribution in [2.24, 2.45) is 0 Å². The fraction of sp³-hybridized carbons (Fsp3) is 0.104. The van der Waals surface area contributed by atoms with Crippen LogP contribution in [0.2, 0.25) is 0 Å². The minimum Gasteiger partial charge on any atom is -0.293 e. The normalized spacial score (nSPS) is 10.5. The van der Waals surface area contributed by atoms with E-state index in [9.17, 15) is 0 Å². The second-order valence-electron chi connectivity index (χ2n) is 27.1. The van der Waals surface area contributed by atoms with Gasteiger partial charge in [-0.25, -0.2) is 4.80 Å².